The topological polar surface area (TPSA) is 36.0 Å². The first kappa shape index (κ1) is 13.1. The molecule has 0 aliphatic heterocycles. The number of rotatable bonds is 3. The molecule has 1 aromatic carbocycles. The summed E-state index contributed by atoms with van der Waals surface area (Å²) >= 11 is 1.92. The zero-order valence-electron chi connectivity index (χ0n) is 12.1. The highest BCUT2D eigenvalue weighted by Crippen LogP contribution is 2.41. The second-order valence-electron chi connectivity index (χ2n) is 6.07. The second-order valence-corrected chi connectivity index (χ2v) is 7.29. The summed E-state index contributed by atoms with van der Waals surface area (Å²) in [7, 11) is 0. The van der Waals surface area contributed by atoms with Crippen LogP contribution in [0.4, 0.5) is 0 Å². The number of aryl methyl sites for hydroxylation is 2. The van der Waals surface area contributed by atoms with E-state index in [1.165, 1.54) is 37.5 Å². The molecule has 0 radical (unpaired) electrons. The molecule has 0 amide bonds. The third-order valence-electron chi connectivity index (χ3n) is 4.41. The number of hydrogen-bond donors (Lipinski definition) is 2. The molecule has 1 unspecified atom stereocenters. The van der Waals surface area contributed by atoms with E-state index in [9.17, 15) is 5.11 Å². The molecule has 108 valence electrons. The molecule has 1 aliphatic carbocycles. The lowest BCUT2D eigenvalue weighted by Gasteiger charge is -2.11. The van der Waals surface area contributed by atoms with Crippen molar-refractivity contribution in [1.82, 2.24) is 4.98 Å². The summed E-state index contributed by atoms with van der Waals surface area (Å²) < 4.78 is 0. The van der Waals surface area contributed by atoms with Gasteiger partial charge in [0.25, 0.3) is 0 Å². The lowest BCUT2D eigenvalue weighted by atomic mass is 9.94. The van der Waals surface area contributed by atoms with Gasteiger partial charge in [0.05, 0.1) is 5.69 Å². The van der Waals surface area contributed by atoms with Crippen LogP contribution in [0.3, 0.4) is 0 Å². The maximum absolute atomic E-state index is 9.25. The van der Waals surface area contributed by atoms with Crippen molar-refractivity contribution in [2.75, 3.05) is 6.61 Å². The van der Waals surface area contributed by atoms with Crippen LogP contribution in [-0.2, 0) is 19.3 Å². The summed E-state index contributed by atoms with van der Waals surface area (Å²) in [5.41, 5.74) is 5.42. The molecule has 1 atom stereocenters. The van der Waals surface area contributed by atoms with Gasteiger partial charge in [0.1, 0.15) is 0 Å². The minimum atomic E-state index is 0.264. The zero-order chi connectivity index (χ0) is 14.4. The van der Waals surface area contributed by atoms with E-state index in [0.717, 1.165) is 19.3 Å². The summed E-state index contributed by atoms with van der Waals surface area (Å²) in [6, 6.07) is 10.9. The smallest absolute Gasteiger partial charge is 0.0508 e. The van der Waals surface area contributed by atoms with Gasteiger partial charge in [-0.2, -0.15) is 0 Å². The SMILES string of the molecule is CC(CO)Cc1cc2c(s1)CCc1c-2[nH]c2ccccc12. The number of nitrogens with one attached hydrogen (secondary N) is 1. The van der Waals surface area contributed by atoms with Crippen molar-refractivity contribution in [2.45, 2.75) is 26.2 Å². The number of thiophene rings is 1. The van der Waals surface area contributed by atoms with Gasteiger partial charge in [-0.05, 0) is 42.9 Å². The van der Waals surface area contributed by atoms with Crippen molar-refractivity contribution in [3.05, 3.63) is 45.6 Å². The standard InChI is InChI=1S/C18H19NOS/c1-11(10-20)8-12-9-15-17(21-12)7-6-14-13-4-2-3-5-16(13)19-18(14)15/h2-5,9,11,19-20H,6-8,10H2,1H3. The fourth-order valence-electron chi connectivity index (χ4n) is 3.32. The highest BCUT2D eigenvalue weighted by molar-refractivity contribution is 7.12. The van der Waals surface area contributed by atoms with Gasteiger partial charge in [0.2, 0.25) is 0 Å². The van der Waals surface area contributed by atoms with Gasteiger partial charge in [-0.15, -0.1) is 11.3 Å². The van der Waals surface area contributed by atoms with Crippen LogP contribution in [0.2, 0.25) is 0 Å². The van der Waals surface area contributed by atoms with E-state index in [2.05, 4.69) is 42.2 Å². The lowest BCUT2D eigenvalue weighted by Crippen LogP contribution is -2.02. The van der Waals surface area contributed by atoms with Crippen molar-refractivity contribution in [3.63, 3.8) is 0 Å². The van der Waals surface area contributed by atoms with E-state index in [-0.39, 0.29) is 6.61 Å². The van der Waals surface area contributed by atoms with Gasteiger partial charge >= 0.3 is 0 Å². The van der Waals surface area contributed by atoms with Crippen LogP contribution >= 0.6 is 11.3 Å². The number of aromatic amines is 1. The summed E-state index contributed by atoms with van der Waals surface area (Å²) in [5.74, 6) is 0.340. The van der Waals surface area contributed by atoms with E-state index < -0.39 is 0 Å². The minimum Gasteiger partial charge on any atom is -0.396 e. The molecule has 3 aromatic rings. The summed E-state index contributed by atoms with van der Waals surface area (Å²) in [6.45, 7) is 2.37. The molecule has 2 heterocycles. The molecular formula is C18H19NOS. The number of aliphatic hydroxyl groups excluding tert-OH is 1. The third-order valence-corrected chi connectivity index (χ3v) is 5.62. The molecule has 1 aliphatic rings. The Hall–Kier alpha value is -1.58. The molecule has 4 rings (SSSR count). The molecule has 0 bridgehead atoms. The fraction of sp³-hybridized carbons (Fsp3) is 0.333. The highest BCUT2D eigenvalue weighted by Gasteiger charge is 2.23. The first-order valence-corrected chi connectivity index (χ1v) is 8.40. The van der Waals surface area contributed by atoms with E-state index in [0.29, 0.717) is 5.92 Å². The van der Waals surface area contributed by atoms with E-state index in [1.54, 1.807) is 0 Å². The Morgan fingerprint density at radius 1 is 1.29 bits per heavy atom. The van der Waals surface area contributed by atoms with Crippen LogP contribution < -0.4 is 0 Å². The Kier molecular flexibility index (Phi) is 3.12. The van der Waals surface area contributed by atoms with Gasteiger partial charge in [-0.3, -0.25) is 0 Å². The van der Waals surface area contributed by atoms with Crippen LogP contribution in [0, 0.1) is 5.92 Å². The predicted octanol–water partition coefficient (Wildman–Crippen LogP) is 4.17. The number of para-hydroxylation sites is 1. The molecular weight excluding hydrogens is 278 g/mol. The maximum atomic E-state index is 9.25. The summed E-state index contributed by atoms with van der Waals surface area (Å²) in [6.07, 6.45) is 3.24. The molecule has 0 fully saturated rings. The molecule has 3 heteroatoms. The molecule has 0 spiro atoms. The Balaban J connectivity index is 1.81. The lowest BCUT2D eigenvalue weighted by molar-refractivity contribution is 0.237. The van der Waals surface area contributed by atoms with Crippen molar-refractivity contribution in [3.8, 4) is 11.3 Å². The maximum Gasteiger partial charge on any atom is 0.0508 e. The Morgan fingerprint density at radius 2 is 2.14 bits per heavy atom. The highest BCUT2D eigenvalue weighted by atomic mass is 32.1. The van der Waals surface area contributed by atoms with Crippen molar-refractivity contribution in [2.24, 2.45) is 5.92 Å². The summed E-state index contributed by atoms with van der Waals surface area (Å²) in [5, 5.41) is 10.6. The van der Waals surface area contributed by atoms with Crippen molar-refractivity contribution in [1.29, 1.82) is 0 Å². The normalized spacial score (nSPS) is 15.0. The Morgan fingerprint density at radius 3 is 3.00 bits per heavy atom. The predicted molar refractivity (Wildman–Crippen MR) is 89.0 cm³/mol. The van der Waals surface area contributed by atoms with Gasteiger partial charge < -0.3 is 10.1 Å². The first-order chi connectivity index (χ1) is 10.3. The van der Waals surface area contributed by atoms with Crippen LogP contribution in [0.15, 0.2) is 30.3 Å². The molecule has 2 aromatic heterocycles. The molecule has 0 saturated carbocycles. The molecule has 2 nitrogen and oxygen atoms in total. The number of aromatic nitrogens is 1. The monoisotopic (exact) mass is 297 g/mol. The Bertz CT molecular complexity index is 799. The van der Waals surface area contributed by atoms with Gasteiger partial charge in [-0.1, -0.05) is 25.1 Å². The average Bonchev–Trinajstić information content (AvgIpc) is 3.07. The molecule has 2 N–H and O–H groups in total. The quantitative estimate of drug-likeness (QED) is 0.748. The van der Waals surface area contributed by atoms with Gasteiger partial charge in [-0.25, -0.2) is 0 Å². The van der Waals surface area contributed by atoms with E-state index in [4.69, 9.17) is 0 Å². The van der Waals surface area contributed by atoms with Gasteiger partial charge in [0, 0.05) is 32.8 Å². The largest absolute Gasteiger partial charge is 0.396 e. The second kappa shape index (κ2) is 5.00. The van der Waals surface area contributed by atoms with Crippen LogP contribution in [0.5, 0.6) is 0 Å². The third kappa shape index (κ3) is 2.12. The van der Waals surface area contributed by atoms with Crippen LogP contribution in [0.25, 0.3) is 22.2 Å². The Labute approximate surface area is 128 Å². The van der Waals surface area contributed by atoms with Crippen molar-refractivity contribution < 1.29 is 5.11 Å². The number of benzene rings is 1. The first-order valence-electron chi connectivity index (χ1n) is 7.58. The fourth-order valence-corrected chi connectivity index (χ4v) is 4.65. The number of hydrogen-bond acceptors (Lipinski definition) is 2. The average molecular weight is 297 g/mol. The zero-order valence-corrected chi connectivity index (χ0v) is 13.0. The molecule has 21 heavy (non-hydrogen) atoms. The van der Waals surface area contributed by atoms with Crippen molar-refractivity contribution >= 4 is 22.2 Å². The number of aliphatic hydroxyl groups is 1. The minimum absolute atomic E-state index is 0.264. The van der Waals surface area contributed by atoms with E-state index in [1.807, 2.05) is 11.3 Å². The summed E-state index contributed by atoms with van der Waals surface area (Å²) in [4.78, 5) is 6.50. The van der Waals surface area contributed by atoms with E-state index >= 15 is 0 Å². The van der Waals surface area contributed by atoms with Crippen LogP contribution in [0.1, 0.15) is 22.2 Å². The molecule has 0 saturated heterocycles. The van der Waals surface area contributed by atoms with Gasteiger partial charge in [0.15, 0.2) is 0 Å². The van der Waals surface area contributed by atoms with Crippen LogP contribution in [-0.4, -0.2) is 16.7 Å². The number of H-pyrrole nitrogens is 1. The number of fused-ring (bicyclic) bond motifs is 5.